The summed E-state index contributed by atoms with van der Waals surface area (Å²) in [5, 5.41) is 3.16. The highest BCUT2D eigenvalue weighted by Crippen LogP contribution is 2.22. The normalized spacial score (nSPS) is 16.8. The largest absolute Gasteiger partial charge is 0.356 e. The van der Waals surface area contributed by atoms with Crippen LogP contribution in [0.5, 0.6) is 0 Å². The fraction of sp³-hybridized carbons (Fsp3) is 0.688. The predicted octanol–water partition coefficient (Wildman–Crippen LogP) is 1.16. The number of amides is 1. The topological polar surface area (TPSA) is 94.3 Å². The Bertz CT molecular complexity index is 646. The Morgan fingerprint density at radius 3 is 2.62 bits per heavy atom. The maximum Gasteiger partial charge on any atom is 0.270 e. The minimum Gasteiger partial charge on any atom is -0.356 e. The van der Waals surface area contributed by atoms with E-state index < -0.39 is 10.0 Å². The lowest BCUT2D eigenvalue weighted by atomic mass is 9.93. The molecule has 1 amide bonds. The van der Waals surface area contributed by atoms with Gasteiger partial charge in [-0.1, -0.05) is 0 Å². The highest BCUT2D eigenvalue weighted by molar-refractivity contribution is 7.89. The number of hydrogen-bond donors (Lipinski definition) is 3. The van der Waals surface area contributed by atoms with E-state index in [9.17, 15) is 13.2 Å². The van der Waals surface area contributed by atoms with Crippen molar-refractivity contribution in [3.63, 3.8) is 0 Å². The van der Waals surface area contributed by atoms with Gasteiger partial charge < -0.3 is 15.2 Å². The molecule has 3 N–H and O–H groups in total. The third kappa shape index (κ3) is 4.81. The number of hydrogen-bond acceptors (Lipinski definition) is 4. The molecule has 2 heterocycles. The lowest BCUT2D eigenvalue weighted by Gasteiger charge is -2.31. The number of aromatic nitrogens is 1. The van der Waals surface area contributed by atoms with E-state index in [1.165, 1.54) is 12.3 Å². The smallest absolute Gasteiger partial charge is 0.270 e. The second kappa shape index (κ2) is 8.13. The average Bonchev–Trinajstić information content (AvgIpc) is 3.02. The Morgan fingerprint density at radius 2 is 2.04 bits per heavy atom. The third-order valence-corrected chi connectivity index (χ3v) is 5.93. The molecule has 0 unspecified atom stereocenters. The number of sulfonamides is 1. The summed E-state index contributed by atoms with van der Waals surface area (Å²) in [5.74, 6) is 0.518. The van der Waals surface area contributed by atoms with E-state index in [-0.39, 0.29) is 16.8 Å². The summed E-state index contributed by atoms with van der Waals surface area (Å²) >= 11 is 0. The molecule has 1 saturated heterocycles. The number of carbonyl (C=O) groups is 1. The molecule has 1 aromatic heterocycles. The van der Waals surface area contributed by atoms with Crippen molar-refractivity contribution in [2.24, 2.45) is 5.92 Å². The van der Waals surface area contributed by atoms with Gasteiger partial charge in [-0.25, -0.2) is 13.1 Å². The van der Waals surface area contributed by atoms with Gasteiger partial charge in [-0.3, -0.25) is 4.79 Å². The van der Waals surface area contributed by atoms with Gasteiger partial charge in [0.05, 0.1) is 0 Å². The van der Waals surface area contributed by atoms with Gasteiger partial charge in [0, 0.05) is 25.3 Å². The van der Waals surface area contributed by atoms with Gasteiger partial charge in [-0.15, -0.1) is 0 Å². The van der Waals surface area contributed by atoms with Crippen molar-refractivity contribution in [1.29, 1.82) is 0 Å². The molecule has 7 nitrogen and oxygen atoms in total. The van der Waals surface area contributed by atoms with Crippen molar-refractivity contribution < 1.29 is 13.2 Å². The monoisotopic (exact) mass is 356 g/mol. The number of H-pyrrole nitrogens is 1. The fourth-order valence-electron chi connectivity index (χ4n) is 2.97. The highest BCUT2D eigenvalue weighted by atomic mass is 32.2. The Hall–Kier alpha value is -1.38. The molecule has 0 radical (unpaired) electrons. The van der Waals surface area contributed by atoms with Crippen molar-refractivity contribution in [3.05, 3.63) is 18.0 Å². The molecule has 0 aromatic carbocycles. The van der Waals surface area contributed by atoms with Crippen LogP contribution in [0.15, 0.2) is 17.2 Å². The Morgan fingerprint density at radius 1 is 1.38 bits per heavy atom. The highest BCUT2D eigenvalue weighted by Gasteiger charge is 2.26. The van der Waals surface area contributed by atoms with Crippen molar-refractivity contribution in [2.75, 3.05) is 26.7 Å². The Balaban J connectivity index is 1.97. The second-order valence-corrected chi connectivity index (χ2v) is 8.37. The first kappa shape index (κ1) is 19.0. The molecule has 1 aliphatic rings. The maximum absolute atomic E-state index is 12.6. The molecule has 0 atom stereocenters. The first-order valence-electron chi connectivity index (χ1n) is 8.48. The van der Waals surface area contributed by atoms with E-state index in [1.807, 2.05) is 7.05 Å². The van der Waals surface area contributed by atoms with Crippen LogP contribution in [0.2, 0.25) is 0 Å². The average molecular weight is 356 g/mol. The summed E-state index contributed by atoms with van der Waals surface area (Å²) in [6.45, 7) is 5.96. The second-order valence-electron chi connectivity index (χ2n) is 6.65. The number of rotatable bonds is 7. The number of nitrogens with zero attached hydrogens (tertiary/aromatic N) is 1. The first-order chi connectivity index (χ1) is 11.3. The van der Waals surface area contributed by atoms with Crippen molar-refractivity contribution >= 4 is 15.9 Å². The molecule has 136 valence electrons. The van der Waals surface area contributed by atoms with Crippen LogP contribution < -0.4 is 10.0 Å². The van der Waals surface area contributed by atoms with Gasteiger partial charge in [-0.2, -0.15) is 0 Å². The van der Waals surface area contributed by atoms with Gasteiger partial charge in [0.15, 0.2) is 0 Å². The SMILES string of the molecule is CNCCC1CCN(C(=O)c2cc(S(=O)(=O)NC(C)C)c[nH]2)CC1. The standard InChI is InChI=1S/C16H28N4O3S/c1-12(2)19-24(22,23)14-10-15(18-11-14)16(21)20-8-5-13(6-9-20)4-7-17-3/h10-13,17-19H,4-9H2,1-3H3. The maximum atomic E-state index is 12.6. The zero-order valence-corrected chi connectivity index (χ0v) is 15.4. The van der Waals surface area contributed by atoms with E-state index in [4.69, 9.17) is 0 Å². The number of aromatic amines is 1. The summed E-state index contributed by atoms with van der Waals surface area (Å²) in [7, 11) is -1.63. The first-order valence-corrected chi connectivity index (χ1v) is 9.96. The van der Waals surface area contributed by atoms with Gasteiger partial charge in [0.2, 0.25) is 10.0 Å². The van der Waals surface area contributed by atoms with Crippen LogP contribution in [0.3, 0.4) is 0 Å². The van der Waals surface area contributed by atoms with Crippen LogP contribution in [0.1, 0.15) is 43.6 Å². The minimum atomic E-state index is -3.58. The molecular weight excluding hydrogens is 328 g/mol. The molecule has 24 heavy (non-hydrogen) atoms. The molecule has 0 aliphatic carbocycles. The van der Waals surface area contributed by atoms with E-state index in [1.54, 1.807) is 18.7 Å². The summed E-state index contributed by atoms with van der Waals surface area (Å²) in [5.41, 5.74) is 0.327. The Labute approximate surface area is 144 Å². The van der Waals surface area contributed by atoms with Gasteiger partial charge >= 0.3 is 0 Å². The summed E-state index contributed by atoms with van der Waals surface area (Å²) in [4.78, 5) is 17.3. The van der Waals surface area contributed by atoms with Crippen molar-refractivity contribution in [3.8, 4) is 0 Å². The van der Waals surface area contributed by atoms with E-state index in [0.29, 0.717) is 11.6 Å². The van der Waals surface area contributed by atoms with Crippen LogP contribution in [0.25, 0.3) is 0 Å². The van der Waals surface area contributed by atoms with Gasteiger partial charge in [0.1, 0.15) is 10.6 Å². The van der Waals surface area contributed by atoms with Crippen molar-refractivity contribution in [1.82, 2.24) is 19.9 Å². The molecule has 0 spiro atoms. The zero-order chi connectivity index (χ0) is 17.7. The molecular formula is C16H28N4O3S. The predicted molar refractivity (Wildman–Crippen MR) is 93.4 cm³/mol. The van der Waals surface area contributed by atoms with E-state index in [2.05, 4.69) is 15.0 Å². The minimum absolute atomic E-state index is 0.100. The number of carbonyl (C=O) groups excluding carboxylic acids is 1. The number of piperidine rings is 1. The molecule has 0 saturated carbocycles. The molecule has 0 bridgehead atoms. The van der Waals surface area contributed by atoms with Crippen LogP contribution >= 0.6 is 0 Å². The number of nitrogens with one attached hydrogen (secondary N) is 3. The van der Waals surface area contributed by atoms with Crippen LogP contribution in [-0.2, 0) is 10.0 Å². The Kier molecular flexibility index (Phi) is 6.42. The summed E-state index contributed by atoms with van der Waals surface area (Å²) in [6, 6.07) is 1.22. The number of likely N-dealkylation sites (tertiary alicyclic amines) is 1. The molecule has 2 rings (SSSR count). The van der Waals surface area contributed by atoms with E-state index >= 15 is 0 Å². The molecule has 1 fully saturated rings. The van der Waals surface area contributed by atoms with Gasteiger partial charge in [0.25, 0.3) is 5.91 Å². The fourth-order valence-corrected chi connectivity index (χ4v) is 4.22. The third-order valence-electron chi connectivity index (χ3n) is 4.29. The quantitative estimate of drug-likeness (QED) is 0.683. The molecule has 1 aliphatic heterocycles. The van der Waals surface area contributed by atoms with E-state index in [0.717, 1.165) is 38.9 Å². The van der Waals surface area contributed by atoms with Gasteiger partial charge in [-0.05, 0) is 58.7 Å². The molecule has 1 aromatic rings. The lowest BCUT2D eigenvalue weighted by Crippen LogP contribution is -2.39. The van der Waals surface area contributed by atoms with Crippen LogP contribution in [0, 0.1) is 5.92 Å². The summed E-state index contributed by atoms with van der Waals surface area (Å²) in [6.07, 6.45) is 4.49. The van der Waals surface area contributed by atoms with Crippen LogP contribution in [0.4, 0.5) is 0 Å². The van der Waals surface area contributed by atoms with Crippen molar-refractivity contribution in [2.45, 2.75) is 44.0 Å². The van der Waals surface area contributed by atoms with Crippen LogP contribution in [-0.4, -0.2) is 56.9 Å². The lowest BCUT2D eigenvalue weighted by molar-refractivity contribution is 0.0682. The summed E-state index contributed by atoms with van der Waals surface area (Å²) < 4.78 is 26.8. The molecule has 8 heteroatoms. The zero-order valence-electron chi connectivity index (χ0n) is 14.6.